The van der Waals surface area contributed by atoms with E-state index >= 15 is 0 Å². The Morgan fingerprint density at radius 3 is 2.68 bits per heavy atom. The highest BCUT2D eigenvalue weighted by molar-refractivity contribution is 5.83. The molecule has 0 saturated heterocycles. The second-order valence-corrected chi connectivity index (χ2v) is 4.74. The van der Waals surface area contributed by atoms with Crippen molar-refractivity contribution in [3.05, 3.63) is 63.1 Å². The molecule has 1 amide bonds. The first kappa shape index (κ1) is 15.6. The largest absolute Gasteiger partial charge is 0.311 e. The first-order valence-corrected chi connectivity index (χ1v) is 6.59. The number of carbonyl (C=O) groups excluding carboxylic acids is 1. The number of benzene rings is 1. The van der Waals surface area contributed by atoms with E-state index in [9.17, 15) is 14.0 Å². The Morgan fingerprint density at radius 1 is 1.36 bits per heavy atom. The van der Waals surface area contributed by atoms with Gasteiger partial charge in [-0.3, -0.25) is 9.59 Å². The molecule has 1 aromatic heterocycles. The van der Waals surface area contributed by atoms with Crippen LogP contribution in [0.4, 0.5) is 4.39 Å². The van der Waals surface area contributed by atoms with Gasteiger partial charge in [-0.25, -0.2) is 14.8 Å². The topological polar surface area (TPSA) is 87.2 Å². The Morgan fingerprint density at radius 2 is 2.05 bits per heavy atom. The normalized spacial score (nSPS) is 10.9. The Bertz CT molecular complexity index is 766. The molecule has 2 aromatic rings. The van der Waals surface area contributed by atoms with E-state index in [0.29, 0.717) is 22.6 Å². The second-order valence-electron chi connectivity index (χ2n) is 4.74. The molecule has 0 aliphatic carbocycles. The van der Waals surface area contributed by atoms with E-state index in [-0.39, 0.29) is 17.8 Å². The number of aryl methyl sites for hydroxylation is 2. The smallest absolute Gasteiger partial charge is 0.254 e. The minimum Gasteiger partial charge on any atom is -0.311 e. The summed E-state index contributed by atoms with van der Waals surface area (Å²) in [5.41, 5.74) is 3.45. The SMILES string of the molecule is Cc1nc(C)c(CC(=O)N/N=C/c2ccc(F)cc2)c(=O)[nH]1. The van der Waals surface area contributed by atoms with Crippen LogP contribution in [-0.2, 0) is 11.2 Å². The number of halogens is 1. The predicted molar refractivity (Wildman–Crippen MR) is 80.2 cm³/mol. The third-order valence-electron chi connectivity index (χ3n) is 2.95. The molecule has 2 rings (SSSR count). The zero-order valence-corrected chi connectivity index (χ0v) is 12.2. The van der Waals surface area contributed by atoms with E-state index in [2.05, 4.69) is 20.5 Å². The van der Waals surface area contributed by atoms with Crippen molar-refractivity contribution in [2.24, 2.45) is 5.10 Å². The molecule has 0 saturated carbocycles. The molecule has 0 bridgehead atoms. The number of aromatic nitrogens is 2. The summed E-state index contributed by atoms with van der Waals surface area (Å²) in [6.45, 7) is 3.35. The number of hydrogen-bond acceptors (Lipinski definition) is 4. The highest BCUT2D eigenvalue weighted by atomic mass is 19.1. The van der Waals surface area contributed by atoms with Crippen LogP contribution in [0.25, 0.3) is 0 Å². The maximum Gasteiger partial charge on any atom is 0.254 e. The highest BCUT2D eigenvalue weighted by Crippen LogP contribution is 2.01. The van der Waals surface area contributed by atoms with E-state index in [1.807, 2.05) is 0 Å². The monoisotopic (exact) mass is 302 g/mol. The summed E-state index contributed by atoms with van der Waals surface area (Å²) in [6, 6.07) is 5.65. The number of hydrazone groups is 1. The van der Waals surface area contributed by atoms with Gasteiger partial charge in [-0.05, 0) is 31.5 Å². The van der Waals surface area contributed by atoms with Gasteiger partial charge in [-0.2, -0.15) is 5.10 Å². The first-order valence-electron chi connectivity index (χ1n) is 6.59. The Labute approximate surface area is 126 Å². The summed E-state index contributed by atoms with van der Waals surface area (Å²) < 4.78 is 12.7. The van der Waals surface area contributed by atoms with Crippen molar-refractivity contribution in [1.82, 2.24) is 15.4 Å². The molecule has 0 aliphatic heterocycles. The molecule has 0 radical (unpaired) electrons. The van der Waals surface area contributed by atoms with Gasteiger partial charge in [0.1, 0.15) is 11.6 Å². The number of aromatic amines is 1. The van der Waals surface area contributed by atoms with E-state index in [1.54, 1.807) is 13.8 Å². The van der Waals surface area contributed by atoms with Crippen molar-refractivity contribution in [2.45, 2.75) is 20.3 Å². The first-order chi connectivity index (χ1) is 10.5. The third-order valence-corrected chi connectivity index (χ3v) is 2.95. The molecule has 114 valence electrons. The summed E-state index contributed by atoms with van der Waals surface area (Å²) >= 11 is 0. The summed E-state index contributed by atoms with van der Waals surface area (Å²) in [5, 5.41) is 3.76. The number of hydrogen-bond donors (Lipinski definition) is 2. The highest BCUT2D eigenvalue weighted by Gasteiger charge is 2.11. The lowest BCUT2D eigenvalue weighted by Gasteiger charge is -2.04. The lowest BCUT2D eigenvalue weighted by molar-refractivity contribution is -0.120. The standard InChI is InChI=1S/C15H15FN4O2/c1-9-13(15(22)19-10(2)18-9)7-14(21)20-17-8-11-3-5-12(16)6-4-11/h3-6,8H,7H2,1-2H3,(H,20,21)(H,18,19,22)/b17-8+. The van der Waals surface area contributed by atoms with E-state index in [1.165, 1.54) is 30.5 Å². The zero-order valence-electron chi connectivity index (χ0n) is 12.2. The van der Waals surface area contributed by atoms with Crippen LogP contribution in [0.3, 0.4) is 0 Å². The summed E-state index contributed by atoms with van der Waals surface area (Å²) in [4.78, 5) is 30.2. The van der Waals surface area contributed by atoms with Crippen LogP contribution in [0.5, 0.6) is 0 Å². The van der Waals surface area contributed by atoms with Crippen LogP contribution in [0.1, 0.15) is 22.6 Å². The summed E-state index contributed by atoms with van der Waals surface area (Å²) in [7, 11) is 0. The number of rotatable bonds is 4. The number of carbonyl (C=O) groups is 1. The average molecular weight is 302 g/mol. The van der Waals surface area contributed by atoms with Gasteiger partial charge in [0.25, 0.3) is 5.56 Å². The molecule has 0 fully saturated rings. The zero-order chi connectivity index (χ0) is 16.1. The van der Waals surface area contributed by atoms with Crippen LogP contribution in [0.15, 0.2) is 34.2 Å². The van der Waals surface area contributed by atoms with Crippen molar-refractivity contribution < 1.29 is 9.18 Å². The molecule has 0 aliphatic rings. The van der Waals surface area contributed by atoms with Crippen molar-refractivity contribution in [3.8, 4) is 0 Å². The molecule has 0 unspecified atom stereocenters. The van der Waals surface area contributed by atoms with Crippen LogP contribution >= 0.6 is 0 Å². The number of nitrogens with zero attached hydrogens (tertiary/aromatic N) is 2. The van der Waals surface area contributed by atoms with Gasteiger partial charge in [0.2, 0.25) is 5.91 Å². The van der Waals surface area contributed by atoms with Crippen LogP contribution in [0, 0.1) is 19.7 Å². The van der Waals surface area contributed by atoms with E-state index < -0.39 is 5.91 Å². The lowest BCUT2D eigenvalue weighted by atomic mass is 10.1. The maximum atomic E-state index is 12.7. The molecular weight excluding hydrogens is 287 g/mol. The molecule has 1 aromatic carbocycles. The van der Waals surface area contributed by atoms with Gasteiger partial charge in [0.15, 0.2) is 0 Å². The Hall–Kier alpha value is -2.83. The predicted octanol–water partition coefficient (Wildman–Crippen LogP) is 1.22. The molecule has 22 heavy (non-hydrogen) atoms. The molecule has 0 atom stereocenters. The number of nitrogens with one attached hydrogen (secondary N) is 2. The molecule has 7 heteroatoms. The maximum absolute atomic E-state index is 12.7. The van der Waals surface area contributed by atoms with Gasteiger partial charge in [-0.15, -0.1) is 0 Å². The molecule has 2 N–H and O–H groups in total. The summed E-state index contributed by atoms with van der Waals surface area (Å²) in [5.74, 6) is -0.277. The molecule has 6 nitrogen and oxygen atoms in total. The van der Waals surface area contributed by atoms with E-state index in [0.717, 1.165) is 0 Å². The fourth-order valence-corrected chi connectivity index (χ4v) is 1.89. The van der Waals surface area contributed by atoms with Crippen LogP contribution in [0.2, 0.25) is 0 Å². The minimum atomic E-state index is -0.433. The van der Waals surface area contributed by atoms with Crippen LogP contribution in [-0.4, -0.2) is 22.1 Å². The van der Waals surface area contributed by atoms with Crippen molar-refractivity contribution >= 4 is 12.1 Å². The van der Waals surface area contributed by atoms with Gasteiger partial charge in [-0.1, -0.05) is 12.1 Å². The number of amides is 1. The van der Waals surface area contributed by atoms with Crippen molar-refractivity contribution in [2.75, 3.05) is 0 Å². The van der Waals surface area contributed by atoms with E-state index in [4.69, 9.17) is 0 Å². The third kappa shape index (κ3) is 4.08. The van der Waals surface area contributed by atoms with Crippen molar-refractivity contribution in [3.63, 3.8) is 0 Å². The fraction of sp³-hybridized carbons (Fsp3) is 0.200. The summed E-state index contributed by atoms with van der Waals surface area (Å²) in [6.07, 6.45) is 1.27. The van der Waals surface area contributed by atoms with Gasteiger partial charge in [0.05, 0.1) is 12.6 Å². The van der Waals surface area contributed by atoms with Gasteiger partial charge in [0, 0.05) is 11.3 Å². The molecule has 0 spiro atoms. The number of H-pyrrole nitrogens is 1. The minimum absolute atomic E-state index is 0.116. The van der Waals surface area contributed by atoms with Gasteiger partial charge < -0.3 is 4.98 Å². The Kier molecular flexibility index (Phi) is 4.77. The van der Waals surface area contributed by atoms with Gasteiger partial charge >= 0.3 is 0 Å². The van der Waals surface area contributed by atoms with Crippen molar-refractivity contribution in [1.29, 1.82) is 0 Å². The lowest BCUT2D eigenvalue weighted by Crippen LogP contribution is -2.26. The second kappa shape index (κ2) is 6.75. The quantitative estimate of drug-likeness (QED) is 0.657. The fourth-order valence-electron chi connectivity index (χ4n) is 1.89. The average Bonchev–Trinajstić information content (AvgIpc) is 2.45. The Balaban J connectivity index is 1.99. The molecular formula is C15H15FN4O2. The molecule has 1 heterocycles. The van der Waals surface area contributed by atoms with Crippen LogP contribution < -0.4 is 11.0 Å².